The first kappa shape index (κ1) is 19.4. The number of benzene rings is 1. The number of hydrogen-bond acceptors (Lipinski definition) is 4. The molecule has 23 heavy (non-hydrogen) atoms. The first-order valence-electron chi connectivity index (χ1n) is 6.98. The van der Waals surface area contributed by atoms with Crippen molar-refractivity contribution in [2.45, 2.75) is 31.7 Å². The summed E-state index contributed by atoms with van der Waals surface area (Å²) in [6, 6.07) is 2.65. The molecule has 0 bridgehead atoms. The number of hydrogen-bond donors (Lipinski definition) is 2. The molecule has 128 valence electrons. The Kier molecular flexibility index (Phi) is 6.55. The summed E-state index contributed by atoms with van der Waals surface area (Å²) in [6.45, 7) is 5.29. The molecule has 0 saturated carbocycles. The lowest BCUT2D eigenvalue weighted by Crippen LogP contribution is -2.38. The Morgan fingerprint density at radius 2 is 1.87 bits per heavy atom. The Hall–Kier alpha value is -1.64. The van der Waals surface area contributed by atoms with Crippen LogP contribution in [-0.4, -0.2) is 48.8 Å². The van der Waals surface area contributed by atoms with Gasteiger partial charge in [0.2, 0.25) is 10.0 Å². The van der Waals surface area contributed by atoms with Crippen LogP contribution >= 0.6 is 11.6 Å². The Balaban J connectivity index is 3.23. The van der Waals surface area contributed by atoms with E-state index >= 15 is 0 Å². The fraction of sp³-hybridized carbons (Fsp3) is 0.429. The molecular weight excluding hydrogens is 344 g/mol. The summed E-state index contributed by atoms with van der Waals surface area (Å²) in [5, 5.41) is 11.1. The fourth-order valence-corrected chi connectivity index (χ4v) is 3.58. The normalized spacial score (nSPS) is 12.9. The van der Waals surface area contributed by atoms with Crippen molar-refractivity contribution in [1.82, 2.24) is 9.62 Å². The van der Waals surface area contributed by atoms with E-state index in [1.54, 1.807) is 13.8 Å². The molecule has 1 amide bonds. The number of rotatable bonds is 7. The smallest absolute Gasteiger partial charge is 0.325 e. The highest BCUT2D eigenvalue weighted by molar-refractivity contribution is 7.89. The summed E-state index contributed by atoms with van der Waals surface area (Å²) in [5.41, 5.74) is -0.0898. The van der Waals surface area contributed by atoms with Gasteiger partial charge < -0.3 is 10.4 Å². The molecule has 0 unspecified atom stereocenters. The Morgan fingerprint density at radius 3 is 2.35 bits per heavy atom. The van der Waals surface area contributed by atoms with Crippen molar-refractivity contribution < 1.29 is 23.1 Å². The number of carbonyl (C=O) groups excluding carboxylic acids is 1. The SMILES string of the molecule is CCN(CC)S(=O)(=O)c1ccc(Cl)c(C(=O)N[C@H](C)C(=O)O)c1. The van der Waals surface area contributed by atoms with Crippen molar-refractivity contribution in [3.05, 3.63) is 28.8 Å². The van der Waals surface area contributed by atoms with E-state index in [2.05, 4.69) is 5.32 Å². The number of nitrogens with zero attached hydrogens (tertiary/aromatic N) is 1. The van der Waals surface area contributed by atoms with E-state index in [4.69, 9.17) is 16.7 Å². The lowest BCUT2D eigenvalue weighted by Gasteiger charge is -2.19. The van der Waals surface area contributed by atoms with Crippen LogP contribution in [0.3, 0.4) is 0 Å². The van der Waals surface area contributed by atoms with Crippen LogP contribution < -0.4 is 5.32 Å². The molecule has 1 rings (SSSR count). The van der Waals surface area contributed by atoms with Crippen molar-refractivity contribution in [3.63, 3.8) is 0 Å². The van der Waals surface area contributed by atoms with Crippen molar-refractivity contribution in [2.75, 3.05) is 13.1 Å². The van der Waals surface area contributed by atoms with Crippen LogP contribution in [0.2, 0.25) is 5.02 Å². The van der Waals surface area contributed by atoms with E-state index in [-0.39, 0.29) is 15.5 Å². The van der Waals surface area contributed by atoms with Gasteiger partial charge in [-0.1, -0.05) is 25.4 Å². The van der Waals surface area contributed by atoms with Gasteiger partial charge in [-0.25, -0.2) is 8.42 Å². The van der Waals surface area contributed by atoms with E-state index in [1.807, 2.05) is 0 Å². The van der Waals surface area contributed by atoms with Gasteiger partial charge in [0.25, 0.3) is 5.91 Å². The molecule has 0 fully saturated rings. The van der Waals surface area contributed by atoms with E-state index in [0.717, 1.165) is 6.07 Å². The molecule has 1 aromatic carbocycles. The molecule has 0 aliphatic rings. The maximum absolute atomic E-state index is 12.5. The van der Waals surface area contributed by atoms with Crippen LogP contribution in [-0.2, 0) is 14.8 Å². The molecule has 2 N–H and O–H groups in total. The summed E-state index contributed by atoms with van der Waals surface area (Å²) in [7, 11) is -3.74. The second kappa shape index (κ2) is 7.76. The van der Waals surface area contributed by atoms with E-state index < -0.39 is 27.9 Å². The Morgan fingerprint density at radius 1 is 1.30 bits per heavy atom. The van der Waals surface area contributed by atoms with Gasteiger partial charge in [0.1, 0.15) is 6.04 Å². The van der Waals surface area contributed by atoms with Gasteiger partial charge in [0, 0.05) is 13.1 Å². The zero-order valence-corrected chi connectivity index (χ0v) is 14.6. The minimum absolute atomic E-state index is 0.0404. The zero-order valence-electron chi connectivity index (χ0n) is 13.0. The number of carboxylic acids is 1. The highest BCUT2D eigenvalue weighted by atomic mass is 35.5. The van der Waals surface area contributed by atoms with Crippen molar-refractivity contribution >= 4 is 33.5 Å². The maximum Gasteiger partial charge on any atom is 0.325 e. The maximum atomic E-state index is 12.5. The van der Waals surface area contributed by atoms with Crippen molar-refractivity contribution in [1.29, 1.82) is 0 Å². The van der Waals surface area contributed by atoms with Crippen LogP contribution in [0, 0.1) is 0 Å². The standard InChI is InChI=1S/C14H19ClN2O5S/c1-4-17(5-2)23(21,22)10-6-7-12(15)11(8-10)13(18)16-9(3)14(19)20/h6-9H,4-5H2,1-3H3,(H,16,18)(H,19,20)/t9-/m1/s1. The summed E-state index contributed by atoms with van der Waals surface area (Å²) >= 11 is 5.93. The van der Waals surface area contributed by atoms with Gasteiger partial charge in [-0.15, -0.1) is 0 Å². The molecule has 1 atom stereocenters. The average molecular weight is 363 g/mol. The van der Waals surface area contributed by atoms with Gasteiger partial charge in [0.15, 0.2) is 0 Å². The summed E-state index contributed by atoms with van der Waals surface area (Å²) < 4.78 is 26.2. The lowest BCUT2D eigenvalue weighted by molar-refractivity contribution is -0.138. The van der Waals surface area contributed by atoms with Crippen LogP contribution in [0.4, 0.5) is 0 Å². The van der Waals surface area contributed by atoms with Gasteiger partial charge in [0.05, 0.1) is 15.5 Å². The monoisotopic (exact) mass is 362 g/mol. The zero-order chi connectivity index (χ0) is 17.8. The van der Waals surface area contributed by atoms with E-state index in [0.29, 0.717) is 13.1 Å². The number of halogens is 1. The molecule has 0 aromatic heterocycles. The van der Waals surface area contributed by atoms with Gasteiger partial charge >= 0.3 is 5.97 Å². The quantitative estimate of drug-likeness (QED) is 0.766. The van der Waals surface area contributed by atoms with Gasteiger partial charge in [-0.2, -0.15) is 4.31 Å². The molecule has 7 nitrogen and oxygen atoms in total. The minimum Gasteiger partial charge on any atom is -0.480 e. The highest BCUT2D eigenvalue weighted by Crippen LogP contribution is 2.23. The average Bonchev–Trinajstić information content (AvgIpc) is 2.48. The van der Waals surface area contributed by atoms with Gasteiger partial charge in [-0.05, 0) is 25.1 Å². The molecule has 0 radical (unpaired) electrons. The summed E-state index contributed by atoms with van der Waals surface area (Å²) in [6.07, 6.45) is 0. The lowest BCUT2D eigenvalue weighted by atomic mass is 10.2. The second-order valence-electron chi connectivity index (χ2n) is 4.76. The van der Waals surface area contributed by atoms with Crippen LogP contribution in [0.5, 0.6) is 0 Å². The molecule has 0 aliphatic carbocycles. The molecule has 0 saturated heterocycles. The third kappa shape index (κ3) is 4.43. The van der Waals surface area contributed by atoms with E-state index in [1.165, 1.54) is 23.4 Å². The summed E-state index contributed by atoms with van der Waals surface area (Å²) in [4.78, 5) is 22.8. The van der Waals surface area contributed by atoms with Crippen LogP contribution in [0.15, 0.2) is 23.1 Å². The summed E-state index contributed by atoms with van der Waals surface area (Å²) in [5.74, 6) is -1.96. The molecule has 0 spiro atoms. The third-order valence-electron chi connectivity index (χ3n) is 3.24. The second-order valence-corrected chi connectivity index (χ2v) is 7.11. The first-order valence-corrected chi connectivity index (χ1v) is 8.80. The van der Waals surface area contributed by atoms with Crippen molar-refractivity contribution in [3.8, 4) is 0 Å². The number of aliphatic carboxylic acids is 1. The van der Waals surface area contributed by atoms with Crippen LogP contribution in [0.1, 0.15) is 31.1 Å². The molecule has 1 aromatic rings. The molecule has 0 aliphatic heterocycles. The molecule has 0 heterocycles. The highest BCUT2D eigenvalue weighted by Gasteiger charge is 2.24. The first-order chi connectivity index (χ1) is 10.6. The fourth-order valence-electron chi connectivity index (χ4n) is 1.89. The van der Waals surface area contributed by atoms with E-state index in [9.17, 15) is 18.0 Å². The largest absolute Gasteiger partial charge is 0.480 e. The molecule has 9 heteroatoms. The predicted octanol–water partition coefficient (Wildman–Crippen LogP) is 1.57. The number of carboxylic acid groups (broad SMARTS) is 1. The number of amides is 1. The predicted molar refractivity (Wildman–Crippen MR) is 86.1 cm³/mol. The number of sulfonamides is 1. The topological polar surface area (TPSA) is 104 Å². The Labute approximate surface area is 140 Å². The van der Waals surface area contributed by atoms with Crippen LogP contribution in [0.25, 0.3) is 0 Å². The molecular formula is C14H19ClN2O5S. The van der Waals surface area contributed by atoms with Crippen molar-refractivity contribution in [2.24, 2.45) is 0 Å². The number of carbonyl (C=O) groups is 2. The third-order valence-corrected chi connectivity index (χ3v) is 5.62. The van der Waals surface area contributed by atoms with Gasteiger partial charge in [-0.3, -0.25) is 9.59 Å². The minimum atomic E-state index is -3.74. The number of nitrogens with one attached hydrogen (secondary N) is 1. The Bertz CT molecular complexity index is 701.